The SMILES string of the molecule is Cl.c1c(CNC2CCCC2C2COCCN2)nc2n1CCCC2. The molecule has 6 heteroatoms. The summed E-state index contributed by atoms with van der Waals surface area (Å²) in [6, 6.07) is 1.14. The topological polar surface area (TPSA) is 51.1 Å². The zero-order chi connectivity index (χ0) is 14.8. The van der Waals surface area contributed by atoms with Gasteiger partial charge >= 0.3 is 0 Å². The number of hydrogen-bond acceptors (Lipinski definition) is 4. The number of hydrogen-bond donors (Lipinski definition) is 2. The highest BCUT2D eigenvalue weighted by Gasteiger charge is 2.34. The summed E-state index contributed by atoms with van der Waals surface area (Å²) in [5, 5.41) is 7.43. The molecular weight excluding hydrogens is 312 g/mol. The van der Waals surface area contributed by atoms with Gasteiger partial charge in [-0.1, -0.05) is 6.42 Å². The quantitative estimate of drug-likeness (QED) is 0.879. The maximum atomic E-state index is 5.65. The van der Waals surface area contributed by atoms with Gasteiger partial charge in [0, 0.05) is 44.3 Å². The molecule has 3 atom stereocenters. The van der Waals surface area contributed by atoms with Crippen LogP contribution in [-0.2, 0) is 24.2 Å². The first-order valence-electron chi connectivity index (χ1n) is 8.99. The zero-order valence-corrected chi connectivity index (χ0v) is 14.6. The first-order valence-corrected chi connectivity index (χ1v) is 8.99. The van der Waals surface area contributed by atoms with Crippen LogP contribution in [-0.4, -0.2) is 41.4 Å². The van der Waals surface area contributed by atoms with Crippen molar-refractivity contribution in [3.8, 4) is 0 Å². The van der Waals surface area contributed by atoms with E-state index in [0.29, 0.717) is 18.0 Å². The van der Waals surface area contributed by atoms with Crippen LogP contribution in [0.15, 0.2) is 6.20 Å². The van der Waals surface area contributed by atoms with Crippen molar-refractivity contribution in [2.75, 3.05) is 19.8 Å². The molecule has 3 aliphatic rings. The number of aromatic nitrogens is 2. The van der Waals surface area contributed by atoms with E-state index in [0.717, 1.165) is 39.3 Å². The fraction of sp³-hybridized carbons (Fsp3) is 0.824. The zero-order valence-electron chi connectivity index (χ0n) is 13.8. The predicted octanol–water partition coefficient (Wildman–Crippen LogP) is 1.89. The number of halogens is 1. The molecule has 2 N–H and O–H groups in total. The minimum atomic E-state index is 0. The molecule has 1 saturated heterocycles. The van der Waals surface area contributed by atoms with E-state index in [1.54, 1.807) is 0 Å². The first kappa shape index (κ1) is 17.2. The van der Waals surface area contributed by atoms with Crippen molar-refractivity contribution in [3.63, 3.8) is 0 Å². The van der Waals surface area contributed by atoms with Crippen LogP contribution >= 0.6 is 12.4 Å². The van der Waals surface area contributed by atoms with E-state index in [4.69, 9.17) is 9.72 Å². The fourth-order valence-corrected chi connectivity index (χ4v) is 4.38. The van der Waals surface area contributed by atoms with Gasteiger partial charge in [-0.05, 0) is 31.6 Å². The second-order valence-corrected chi connectivity index (χ2v) is 7.02. The van der Waals surface area contributed by atoms with Gasteiger partial charge in [0.05, 0.1) is 18.9 Å². The standard InChI is InChI=1S/C17H28N4O.ClH/c1-2-8-21-11-13(20-17(21)6-1)10-19-15-5-3-4-14(15)16-12-22-9-7-18-16;/h11,14-16,18-19H,1-10,12H2;1H. The molecule has 0 radical (unpaired) electrons. The Hall–Kier alpha value is -0.620. The number of nitrogens with zero attached hydrogens (tertiary/aromatic N) is 2. The molecule has 0 bridgehead atoms. The third kappa shape index (κ3) is 3.90. The van der Waals surface area contributed by atoms with Gasteiger partial charge in [-0.25, -0.2) is 4.98 Å². The summed E-state index contributed by atoms with van der Waals surface area (Å²) >= 11 is 0. The van der Waals surface area contributed by atoms with E-state index < -0.39 is 0 Å². The van der Waals surface area contributed by atoms with E-state index in [9.17, 15) is 0 Å². The largest absolute Gasteiger partial charge is 0.379 e. The predicted molar refractivity (Wildman–Crippen MR) is 93.0 cm³/mol. The van der Waals surface area contributed by atoms with Gasteiger partial charge in [-0.15, -0.1) is 12.4 Å². The highest BCUT2D eigenvalue weighted by molar-refractivity contribution is 5.85. The summed E-state index contributed by atoms with van der Waals surface area (Å²) in [4.78, 5) is 4.81. The van der Waals surface area contributed by atoms with Crippen molar-refractivity contribution in [2.24, 2.45) is 5.92 Å². The van der Waals surface area contributed by atoms with Crippen LogP contribution in [0.1, 0.15) is 43.6 Å². The highest BCUT2D eigenvalue weighted by Crippen LogP contribution is 2.29. The summed E-state index contributed by atoms with van der Waals surface area (Å²) in [5.74, 6) is 1.99. The molecule has 1 saturated carbocycles. The lowest BCUT2D eigenvalue weighted by Crippen LogP contribution is -2.50. The van der Waals surface area contributed by atoms with Crippen LogP contribution in [0.25, 0.3) is 0 Å². The van der Waals surface area contributed by atoms with Gasteiger partial charge in [0.1, 0.15) is 5.82 Å². The normalized spacial score (nSPS) is 30.7. The summed E-state index contributed by atoms with van der Waals surface area (Å²) in [6.45, 7) is 4.80. The summed E-state index contributed by atoms with van der Waals surface area (Å²) in [7, 11) is 0. The smallest absolute Gasteiger partial charge is 0.109 e. The number of morpholine rings is 1. The van der Waals surface area contributed by atoms with E-state index in [1.165, 1.54) is 43.6 Å². The fourth-order valence-electron chi connectivity index (χ4n) is 4.38. The Bertz CT molecular complexity index is 477. The van der Waals surface area contributed by atoms with Crippen LogP contribution in [0.3, 0.4) is 0 Å². The van der Waals surface area contributed by atoms with Gasteiger partial charge in [0.25, 0.3) is 0 Å². The molecule has 3 unspecified atom stereocenters. The molecule has 0 spiro atoms. The lowest BCUT2D eigenvalue weighted by atomic mass is 9.94. The van der Waals surface area contributed by atoms with Gasteiger partial charge in [-0.2, -0.15) is 0 Å². The molecule has 1 aliphatic carbocycles. The van der Waals surface area contributed by atoms with Crippen LogP contribution in [0, 0.1) is 5.92 Å². The minimum Gasteiger partial charge on any atom is -0.379 e. The number of rotatable bonds is 4. The average Bonchev–Trinajstić information content (AvgIpc) is 3.20. The molecule has 5 nitrogen and oxygen atoms in total. The number of imidazole rings is 1. The van der Waals surface area contributed by atoms with Crippen molar-refractivity contribution in [2.45, 2.75) is 63.7 Å². The molecule has 2 fully saturated rings. The number of fused-ring (bicyclic) bond motifs is 1. The maximum Gasteiger partial charge on any atom is 0.109 e. The molecule has 130 valence electrons. The van der Waals surface area contributed by atoms with E-state index in [2.05, 4.69) is 21.4 Å². The Morgan fingerprint density at radius 1 is 1.30 bits per heavy atom. The van der Waals surface area contributed by atoms with Crippen molar-refractivity contribution in [1.29, 1.82) is 0 Å². The molecule has 23 heavy (non-hydrogen) atoms. The lowest BCUT2D eigenvalue weighted by Gasteiger charge is -2.32. The van der Waals surface area contributed by atoms with E-state index in [1.807, 2.05) is 0 Å². The molecular formula is C17H29ClN4O. The Balaban J connectivity index is 0.00000156. The number of aryl methyl sites for hydroxylation is 2. The van der Waals surface area contributed by atoms with Crippen LogP contribution in [0.4, 0.5) is 0 Å². The monoisotopic (exact) mass is 340 g/mol. The van der Waals surface area contributed by atoms with Gasteiger partial charge in [0.15, 0.2) is 0 Å². The molecule has 0 amide bonds. The van der Waals surface area contributed by atoms with Crippen LogP contribution in [0.2, 0.25) is 0 Å². The van der Waals surface area contributed by atoms with Gasteiger partial charge in [0.2, 0.25) is 0 Å². The Morgan fingerprint density at radius 2 is 2.26 bits per heavy atom. The Kier molecular flexibility index (Phi) is 5.96. The molecule has 2 aliphatic heterocycles. The number of ether oxygens (including phenoxy) is 1. The number of nitrogens with one attached hydrogen (secondary N) is 2. The molecule has 1 aromatic heterocycles. The summed E-state index contributed by atoms with van der Waals surface area (Å²) in [6.07, 6.45) is 9.94. The molecule has 4 rings (SSSR count). The van der Waals surface area contributed by atoms with Gasteiger partial charge in [-0.3, -0.25) is 0 Å². The molecule has 3 heterocycles. The lowest BCUT2D eigenvalue weighted by molar-refractivity contribution is 0.0524. The molecule has 0 aromatic carbocycles. The molecule has 1 aromatic rings. The summed E-state index contributed by atoms with van der Waals surface area (Å²) in [5.41, 5.74) is 1.22. The maximum absolute atomic E-state index is 5.65. The van der Waals surface area contributed by atoms with Crippen molar-refractivity contribution in [1.82, 2.24) is 20.2 Å². The van der Waals surface area contributed by atoms with Crippen LogP contribution in [0.5, 0.6) is 0 Å². The van der Waals surface area contributed by atoms with E-state index >= 15 is 0 Å². The minimum absolute atomic E-state index is 0. The van der Waals surface area contributed by atoms with Crippen LogP contribution < -0.4 is 10.6 Å². The second-order valence-electron chi connectivity index (χ2n) is 7.02. The van der Waals surface area contributed by atoms with E-state index in [-0.39, 0.29) is 12.4 Å². The highest BCUT2D eigenvalue weighted by atomic mass is 35.5. The summed E-state index contributed by atoms with van der Waals surface area (Å²) < 4.78 is 8.01. The second kappa shape index (κ2) is 7.97. The van der Waals surface area contributed by atoms with Crippen molar-refractivity contribution >= 4 is 12.4 Å². The Labute approximate surface area is 145 Å². The first-order chi connectivity index (χ1) is 10.9. The van der Waals surface area contributed by atoms with Crippen molar-refractivity contribution in [3.05, 3.63) is 17.7 Å². The third-order valence-electron chi connectivity index (χ3n) is 5.54. The van der Waals surface area contributed by atoms with Gasteiger partial charge < -0.3 is 19.9 Å². The van der Waals surface area contributed by atoms with Crippen molar-refractivity contribution < 1.29 is 4.74 Å². The average molecular weight is 341 g/mol. The Morgan fingerprint density at radius 3 is 3.09 bits per heavy atom. The third-order valence-corrected chi connectivity index (χ3v) is 5.54.